The molecule has 19 heavy (non-hydrogen) atoms. The lowest BCUT2D eigenvalue weighted by Gasteiger charge is -2.10. The molecule has 4 nitrogen and oxygen atoms in total. The molecule has 0 radical (unpaired) electrons. The van der Waals surface area contributed by atoms with E-state index in [0.717, 1.165) is 5.56 Å². The number of thiocarbonyl (C=S) groups is 1. The molecule has 3 N–H and O–H groups in total. The second-order valence-electron chi connectivity index (χ2n) is 3.91. The molecule has 0 bridgehead atoms. The molecular formula is C13H12N2O2S2. The zero-order valence-corrected chi connectivity index (χ0v) is 11.8. The number of hydrogen-bond donors (Lipinski definition) is 3. The van der Waals surface area contributed by atoms with Crippen LogP contribution >= 0.6 is 23.6 Å². The Morgan fingerprint density at radius 2 is 2.16 bits per heavy atom. The van der Waals surface area contributed by atoms with Gasteiger partial charge in [0, 0.05) is 0 Å². The van der Waals surface area contributed by atoms with Crippen molar-refractivity contribution in [2.75, 3.05) is 5.32 Å². The molecule has 0 atom stereocenters. The Labute approximate surface area is 120 Å². The van der Waals surface area contributed by atoms with E-state index in [1.807, 2.05) is 12.3 Å². The predicted molar refractivity (Wildman–Crippen MR) is 80.8 cm³/mol. The number of phenols is 1. The highest BCUT2D eigenvalue weighted by molar-refractivity contribution is 7.80. The van der Waals surface area contributed by atoms with Crippen molar-refractivity contribution in [1.82, 2.24) is 5.32 Å². The number of nitrogens with one attached hydrogen (secondary N) is 2. The van der Waals surface area contributed by atoms with Gasteiger partial charge in [0.15, 0.2) is 5.11 Å². The summed E-state index contributed by atoms with van der Waals surface area (Å²) in [5, 5.41) is 17.0. The summed E-state index contributed by atoms with van der Waals surface area (Å²) in [6.07, 6.45) is 0. The summed E-state index contributed by atoms with van der Waals surface area (Å²) in [5.41, 5.74) is 1.45. The molecule has 0 spiro atoms. The van der Waals surface area contributed by atoms with Gasteiger partial charge in [0.1, 0.15) is 5.75 Å². The SMILES string of the molecule is Cc1ccc(O)c(NC(=S)NC(=O)c2cccs2)c1. The van der Waals surface area contributed by atoms with E-state index in [-0.39, 0.29) is 16.8 Å². The Morgan fingerprint density at radius 1 is 1.37 bits per heavy atom. The van der Waals surface area contributed by atoms with Crippen molar-refractivity contribution >= 4 is 40.3 Å². The number of amides is 1. The van der Waals surface area contributed by atoms with Crippen LogP contribution in [0.5, 0.6) is 5.75 Å². The molecule has 0 aliphatic heterocycles. The maximum absolute atomic E-state index is 11.8. The minimum atomic E-state index is -0.264. The summed E-state index contributed by atoms with van der Waals surface area (Å²) in [7, 11) is 0. The van der Waals surface area contributed by atoms with Gasteiger partial charge in [-0.15, -0.1) is 11.3 Å². The van der Waals surface area contributed by atoms with Gasteiger partial charge in [-0.2, -0.15) is 0 Å². The summed E-state index contributed by atoms with van der Waals surface area (Å²) >= 11 is 6.38. The fraction of sp³-hybridized carbons (Fsp3) is 0.0769. The van der Waals surface area contributed by atoms with Crippen molar-refractivity contribution in [2.24, 2.45) is 0 Å². The number of rotatable bonds is 2. The molecule has 0 aliphatic carbocycles. The van der Waals surface area contributed by atoms with Crippen LogP contribution in [-0.4, -0.2) is 16.1 Å². The van der Waals surface area contributed by atoms with Gasteiger partial charge in [-0.3, -0.25) is 10.1 Å². The number of carbonyl (C=O) groups excluding carboxylic acids is 1. The predicted octanol–water partition coefficient (Wildman–Crippen LogP) is 2.89. The van der Waals surface area contributed by atoms with Gasteiger partial charge in [0.25, 0.3) is 5.91 Å². The summed E-state index contributed by atoms with van der Waals surface area (Å²) < 4.78 is 0. The second-order valence-corrected chi connectivity index (χ2v) is 5.26. The molecule has 1 heterocycles. The van der Waals surface area contributed by atoms with Gasteiger partial charge in [-0.05, 0) is 48.3 Å². The maximum Gasteiger partial charge on any atom is 0.267 e. The van der Waals surface area contributed by atoms with Crippen LogP contribution in [0.2, 0.25) is 0 Å². The molecule has 0 unspecified atom stereocenters. The molecule has 2 aromatic rings. The minimum Gasteiger partial charge on any atom is -0.506 e. The summed E-state index contributed by atoms with van der Waals surface area (Å²) in [6.45, 7) is 1.90. The van der Waals surface area contributed by atoms with E-state index in [2.05, 4.69) is 10.6 Å². The van der Waals surface area contributed by atoms with E-state index in [4.69, 9.17) is 12.2 Å². The quantitative estimate of drug-likeness (QED) is 0.588. The Balaban J connectivity index is 2.02. The van der Waals surface area contributed by atoms with Crippen LogP contribution in [0.15, 0.2) is 35.7 Å². The third-order valence-corrected chi connectivity index (χ3v) is 3.45. The summed E-state index contributed by atoms with van der Waals surface area (Å²) in [6, 6.07) is 8.61. The monoisotopic (exact) mass is 292 g/mol. The van der Waals surface area contributed by atoms with Crippen molar-refractivity contribution in [3.8, 4) is 5.75 Å². The fourth-order valence-electron chi connectivity index (χ4n) is 1.48. The molecule has 1 aromatic heterocycles. The van der Waals surface area contributed by atoms with E-state index in [9.17, 15) is 9.90 Å². The van der Waals surface area contributed by atoms with Crippen LogP contribution < -0.4 is 10.6 Å². The molecule has 0 saturated carbocycles. The molecule has 6 heteroatoms. The topological polar surface area (TPSA) is 61.4 Å². The zero-order chi connectivity index (χ0) is 13.8. The molecule has 0 saturated heterocycles. The molecule has 1 amide bonds. The standard InChI is InChI=1S/C13H12N2O2S2/c1-8-4-5-10(16)9(7-8)14-13(18)15-12(17)11-3-2-6-19-11/h2-7,16H,1H3,(H2,14,15,17,18). The first-order valence-corrected chi connectivity index (χ1v) is 6.80. The third-order valence-electron chi connectivity index (χ3n) is 2.37. The van der Waals surface area contributed by atoms with E-state index in [1.165, 1.54) is 11.3 Å². The van der Waals surface area contributed by atoms with E-state index in [0.29, 0.717) is 10.6 Å². The number of hydrogen-bond acceptors (Lipinski definition) is 4. The Bertz CT molecular complexity index is 609. The average molecular weight is 292 g/mol. The highest BCUT2D eigenvalue weighted by Gasteiger charge is 2.10. The van der Waals surface area contributed by atoms with Crippen molar-refractivity contribution in [2.45, 2.75) is 6.92 Å². The Hall–Kier alpha value is -1.92. The molecule has 0 fully saturated rings. The number of anilines is 1. The number of aryl methyl sites for hydroxylation is 1. The molecule has 1 aromatic carbocycles. The second kappa shape index (κ2) is 5.81. The van der Waals surface area contributed by atoms with E-state index < -0.39 is 0 Å². The number of thiophene rings is 1. The molecule has 2 rings (SSSR count). The van der Waals surface area contributed by atoms with E-state index in [1.54, 1.807) is 30.3 Å². The van der Waals surface area contributed by atoms with Crippen LogP contribution in [0.1, 0.15) is 15.2 Å². The lowest BCUT2D eigenvalue weighted by Crippen LogP contribution is -2.33. The number of carbonyl (C=O) groups is 1. The van der Waals surface area contributed by atoms with Crippen LogP contribution in [-0.2, 0) is 0 Å². The lowest BCUT2D eigenvalue weighted by atomic mass is 10.2. The first-order chi connectivity index (χ1) is 9.06. The van der Waals surface area contributed by atoms with Crippen molar-refractivity contribution < 1.29 is 9.90 Å². The lowest BCUT2D eigenvalue weighted by molar-refractivity contribution is 0.0981. The average Bonchev–Trinajstić information content (AvgIpc) is 2.87. The van der Waals surface area contributed by atoms with Crippen molar-refractivity contribution in [1.29, 1.82) is 0 Å². The first-order valence-electron chi connectivity index (χ1n) is 5.52. The number of aromatic hydroxyl groups is 1. The molecular weight excluding hydrogens is 280 g/mol. The minimum absolute atomic E-state index is 0.0818. The summed E-state index contributed by atoms with van der Waals surface area (Å²) in [4.78, 5) is 12.3. The van der Waals surface area contributed by atoms with E-state index >= 15 is 0 Å². The van der Waals surface area contributed by atoms with Gasteiger partial charge in [0.05, 0.1) is 10.6 Å². The fourth-order valence-corrected chi connectivity index (χ4v) is 2.30. The Kier molecular flexibility index (Phi) is 4.13. The first kappa shape index (κ1) is 13.5. The highest BCUT2D eigenvalue weighted by Crippen LogP contribution is 2.23. The van der Waals surface area contributed by atoms with Gasteiger partial charge >= 0.3 is 0 Å². The molecule has 0 aliphatic rings. The van der Waals surface area contributed by atoms with Crippen molar-refractivity contribution in [3.63, 3.8) is 0 Å². The number of benzene rings is 1. The van der Waals surface area contributed by atoms with Gasteiger partial charge in [0.2, 0.25) is 0 Å². The van der Waals surface area contributed by atoms with Gasteiger partial charge in [-0.25, -0.2) is 0 Å². The Morgan fingerprint density at radius 3 is 2.84 bits per heavy atom. The van der Waals surface area contributed by atoms with Crippen LogP contribution in [0, 0.1) is 6.92 Å². The normalized spacial score (nSPS) is 9.95. The van der Waals surface area contributed by atoms with Crippen LogP contribution in [0.3, 0.4) is 0 Å². The van der Waals surface area contributed by atoms with Crippen LogP contribution in [0.25, 0.3) is 0 Å². The van der Waals surface area contributed by atoms with Gasteiger partial charge in [-0.1, -0.05) is 12.1 Å². The largest absolute Gasteiger partial charge is 0.506 e. The van der Waals surface area contributed by atoms with Crippen molar-refractivity contribution in [3.05, 3.63) is 46.2 Å². The smallest absolute Gasteiger partial charge is 0.267 e. The number of phenolic OH excluding ortho intramolecular Hbond substituents is 1. The third kappa shape index (κ3) is 3.52. The summed E-state index contributed by atoms with van der Waals surface area (Å²) in [5.74, 6) is -0.182. The highest BCUT2D eigenvalue weighted by atomic mass is 32.1. The molecule has 98 valence electrons. The zero-order valence-electron chi connectivity index (χ0n) is 10.1. The van der Waals surface area contributed by atoms with Gasteiger partial charge < -0.3 is 10.4 Å². The maximum atomic E-state index is 11.8. The van der Waals surface area contributed by atoms with Crippen LogP contribution in [0.4, 0.5) is 5.69 Å².